The molecule has 0 heterocycles. The third-order valence-electron chi connectivity index (χ3n) is 7.69. The van der Waals surface area contributed by atoms with Crippen molar-refractivity contribution >= 4 is 10.8 Å². The summed E-state index contributed by atoms with van der Waals surface area (Å²) in [7, 11) is 0. The van der Waals surface area contributed by atoms with Crippen LogP contribution in [0.2, 0.25) is 0 Å². The number of alkyl halides is 3. The van der Waals surface area contributed by atoms with Crippen molar-refractivity contribution in [1.29, 1.82) is 0 Å². The number of rotatable bonds is 10. The topological polar surface area (TPSA) is 9.23 Å². The SMILES string of the molecule is CCCCCC[C@H]1CC[C@H](CCc2ccc3c(F)c(-c4ccc(OC(F)(F)F)cc4)ccc3c2)CC1. The molecule has 0 saturated heterocycles. The van der Waals surface area contributed by atoms with E-state index in [2.05, 4.69) is 17.7 Å². The molecule has 1 nitrogen and oxygen atoms in total. The van der Waals surface area contributed by atoms with Crippen molar-refractivity contribution in [1.82, 2.24) is 0 Å². The van der Waals surface area contributed by atoms with E-state index in [9.17, 15) is 13.2 Å². The van der Waals surface area contributed by atoms with Gasteiger partial charge in [0.2, 0.25) is 0 Å². The van der Waals surface area contributed by atoms with E-state index < -0.39 is 6.36 Å². The minimum atomic E-state index is -4.75. The zero-order chi connectivity index (χ0) is 25.5. The van der Waals surface area contributed by atoms with Crippen LogP contribution in [0.5, 0.6) is 5.75 Å². The van der Waals surface area contributed by atoms with Gasteiger partial charge < -0.3 is 4.74 Å². The summed E-state index contributed by atoms with van der Waals surface area (Å²) in [6.07, 6.45) is 9.66. The van der Waals surface area contributed by atoms with Gasteiger partial charge in [0.15, 0.2) is 0 Å². The molecule has 0 radical (unpaired) electrons. The predicted octanol–water partition coefficient (Wildman–Crippen LogP) is 10.3. The summed E-state index contributed by atoms with van der Waals surface area (Å²) < 4.78 is 56.4. The summed E-state index contributed by atoms with van der Waals surface area (Å²) >= 11 is 0. The third-order valence-corrected chi connectivity index (χ3v) is 7.69. The molecule has 3 aromatic rings. The molecule has 1 aliphatic carbocycles. The second-order valence-corrected chi connectivity index (χ2v) is 10.3. The maximum absolute atomic E-state index is 15.3. The minimum absolute atomic E-state index is 0.322. The summed E-state index contributed by atoms with van der Waals surface area (Å²) in [4.78, 5) is 0. The van der Waals surface area contributed by atoms with E-state index in [-0.39, 0.29) is 11.6 Å². The Morgan fingerprint density at radius 2 is 1.50 bits per heavy atom. The Morgan fingerprint density at radius 1 is 0.806 bits per heavy atom. The second-order valence-electron chi connectivity index (χ2n) is 10.3. The molecule has 3 aromatic carbocycles. The lowest BCUT2D eigenvalue weighted by Gasteiger charge is -2.28. The average molecular weight is 501 g/mol. The Balaban J connectivity index is 1.34. The lowest BCUT2D eigenvalue weighted by Crippen LogP contribution is -2.16. The van der Waals surface area contributed by atoms with Crippen molar-refractivity contribution in [2.24, 2.45) is 11.8 Å². The molecule has 0 bridgehead atoms. The molecule has 194 valence electrons. The first-order valence-electron chi connectivity index (χ1n) is 13.4. The van der Waals surface area contributed by atoms with E-state index >= 15 is 4.39 Å². The quantitative estimate of drug-likeness (QED) is 0.199. The van der Waals surface area contributed by atoms with Crippen LogP contribution in [-0.4, -0.2) is 6.36 Å². The van der Waals surface area contributed by atoms with Crippen molar-refractivity contribution in [2.45, 2.75) is 83.9 Å². The Bertz CT molecular complexity index is 1110. The average Bonchev–Trinajstić information content (AvgIpc) is 2.86. The molecule has 5 heteroatoms. The Kier molecular flexibility index (Phi) is 8.92. The molecule has 0 N–H and O–H groups in total. The molecule has 0 atom stereocenters. The number of hydrogen-bond acceptors (Lipinski definition) is 1. The minimum Gasteiger partial charge on any atom is -0.406 e. The normalized spacial score (nSPS) is 18.5. The van der Waals surface area contributed by atoms with Crippen LogP contribution in [0.4, 0.5) is 17.6 Å². The number of unbranched alkanes of at least 4 members (excludes halogenated alkanes) is 3. The number of benzene rings is 3. The van der Waals surface area contributed by atoms with Gasteiger partial charge in [0.25, 0.3) is 0 Å². The van der Waals surface area contributed by atoms with Gasteiger partial charge in [-0.25, -0.2) is 4.39 Å². The first kappa shape index (κ1) is 26.5. The molecular weight excluding hydrogens is 464 g/mol. The molecule has 1 aliphatic rings. The molecule has 36 heavy (non-hydrogen) atoms. The standard InChI is InChI=1S/C31H36F4O/c1-2-3-4-5-6-22-7-9-23(10-8-22)11-12-24-13-19-29-26(21-24)16-20-28(30(29)32)25-14-17-27(18-15-25)36-31(33,34)35/h13-23H,2-12H2,1H3/t22-,23-. The highest BCUT2D eigenvalue weighted by molar-refractivity contribution is 5.88. The van der Waals surface area contributed by atoms with E-state index in [4.69, 9.17) is 0 Å². The van der Waals surface area contributed by atoms with Gasteiger partial charge in [0.1, 0.15) is 11.6 Å². The number of fused-ring (bicyclic) bond motifs is 1. The van der Waals surface area contributed by atoms with Crippen LogP contribution in [0.1, 0.15) is 76.7 Å². The number of hydrogen-bond donors (Lipinski definition) is 0. The van der Waals surface area contributed by atoms with Crippen molar-refractivity contribution in [3.05, 3.63) is 66.0 Å². The lowest BCUT2D eigenvalue weighted by atomic mass is 9.77. The van der Waals surface area contributed by atoms with Crippen LogP contribution in [-0.2, 0) is 6.42 Å². The van der Waals surface area contributed by atoms with E-state index in [0.717, 1.165) is 23.6 Å². The molecule has 0 aliphatic heterocycles. The Morgan fingerprint density at radius 3 is 2.17 bits per heavy atom. The summed E-state index contributed by atoms with van der Waals surface area (Å²) in [5.41, 5.74) is 2.10. The maximum atomic E-state index is 15.3. The number of ether oxygens (including phenoxy) is 1. The molecule has 0 unspecified atom stereocenters. The lowest BCUT2D eigenvalue weighted by molar-refractivity contribution is -0.274. The highest BCUT2D eigenvalue weighted by atomic mass is 19.4. The first-order valence-corrected chi connectivity index (χ1v) is 13.4. The summed E-state index contributed by atoms with van der Waals surface area (Å²) in [6.45, 7) is 2.26. The van der Waals surface area contributed by atoms with Gasteiger partial charge >= 0.3 is 6.36 Å². The summed E-state index contributed by atoms with van der Waals surface area (Å²) in [6, 6.07) is 14.8. The predicted molar refractivity (Wildman–Crippen MR) is 139 cm³/mol. The van der Waals surface area contributed by atoms with Crippen LogP contribution >= 0.6 is 0 Å². The number of aryl methyl sites for hydroxylation is 1. The molecule has 0 aromatic heterocycles. The molecule has 1 saturated carbocycles. The van der Waals surface area contributed by atoms with E-state index in [0.29, 0.717) is 16.5 Å². The zero-order valence-corrected chi connectivity index (χ0v) is 21.0. The summed E-state index contributed by atoms with van der Waals surface area (Å²) in [5, 5.41) is 1.37. The van der Waals surface area contributed by atoms with Crippen LogP contribution in [0.3, 0.4) is 0 Å². The maximum Gasteiger partial charge on any atom is 0.573 e. The van der Waals surface area contributed by atoms with Crippen LogP contribution in [0, 0.1) is 17.7 Å². The summed E-state index contributed by atoms with van der Waals surface area (Å²) in [5.74, 6) is 1.03. The second kappa shape index (κ2) is 12.1. The van der Waals surface area contributed by atoms with Gasteiger partial charge in [-0.2, -0.15) is 0 Å². The van der Waals surface area contributed by atoms with Crippen LogP contribution in [0.25, 0.3) is 21.9 Å². The third kappa shape index (κ3) is 7.24. The zero-order valence-electron chi connectivity index (χ0n) is 21.0. The fourth-order valence-electron chi connectivity index (χ4n) is 5.60. The van der Waals surface area contributed by atoms with Crippen LogP contribution < -0.4 is 4.74 Å². The smallest absolute Gasteiger partial charge is 0.406 e. The van der Waals surface area contributed by atoms with Gasteiger partial charge in [-0.15, -0.1) is 13.2 Å². The molecule has 1 fully saturated rings. The van der Waals surface area contributed by atoms with Gasteiger partial charge in [0, 0.05) is 10.9 Å². The van der Waals surface area contributed by atoms with Crippen molar-refractivity contribution in [2.75, 3.05) is 0 Å². The fourth-order valence-corrected chi connectivity index (χ4v) is 5.60. The van der Waals surface area contributed by atoms with Gasteiger partial charge in [-0.05, 0) is 53.3 Å². The van der Waals surface area contributed by atoms with Gasteiger partial charge in [-0.1, -0.05) is 107 Å². The fraction of sp³-hybridized carbons (Fsp3) is 0.484. The number of halogens is 4. The molecular formula is C31H36F4O. The first-order chi connectivity index (χ1) is 17.3. The van der Waals surface area contributed by atoms with E-state index in [1.165, 1.54) is 94.0 Å². The Labute approximate surface area is 211 Å². The van der Waals surface area contributed by atoms with Gasteiger partial charge in [0.05, 0.1) is 0 Å². The van der Waals surface area contributed by atoms with E-state index in [1.807, 2.05) is 18.2 Å². The van der Waals surface area contributed by atoms with E-state index in [1.54, 1.807) is 6.07 Å². The van der Waals surface area contributed by atoms with Crippen LogP contribution in [0.15, 0.2) is 54.6 Å². The van der Waals surface area contributed by atoms with Crippen molar-refractivity contribution in [3.63, 3.8) is 0 Å². The van der Waals surface area contributed by atoms with Crippen molar-refractivity contribution < 1.29 is 22.3 Å². The highest BCUT2D eigenvalue weighted by Crippen LogP contribution is 2.35. The molecule has 0 amide bonds. The van der Waals surface area contributed by atoms with Gasteiger partial charge in [-0.3, -0.25) is 0 Å². The Hall–Kier alpha value is -2.56. The van der Waals surface area contributed by atoms with Crippen molar-refractivity contribution in [3.8, 4) is 16.9 Å². The molecule has 0 spiro atoms. The monoisotopic (exact) mass is 500 g/mol. The highest BCUT2D eigenvalue weighted by Gasteiger charge is 2.31. The largest absolute Gasteiger partial charge is 0.573 e. The molecule has 4 rings (SSSR count).